The van der Waals surface area contributed by atoms with E-state index >= 15 is 0 Å². The van der Waals surface area contributed by atoms with Crippen molar-refractivity contribution in [1.29, 1.82) is 0 Å². The Morgan fingerprint density at radius 1 is 1.14 bits per heavy atom. The number of pyridine rings is 1. The third kappa shape index (κ3) is 2.61. The number of aryl methyl sites for hydroxylation is 2. The molecule has 0 aliphatic rings. The molecule has 0 fully saturated rings. The third-order valence-corrected chi connectivity index (χ3v) is 3.41. The van der Waals surface area contributed by atoms with Gasteiger partial charge in [0.05, 0.1) is 22.6 Å². The molecule has 0 bridgehead atoms. The molecule has 0 saturated carbocycles. The predicted molar refractivity (Wildman–Crippen MR) is 83.2 cm³/mol. The van der Waals surface area contributed by atoms with Crippen molar-refractivity contribution in [3.05, 3.63) is 65.6 Å². The first kappa shape index (κ1) is 14.0. The summed E-state index contributed by atoms with van der Waals surface area (Å²) in [5.41, 5.74) is 4.80. The van der Waals surface area contributed by atoms with Crippen LogP contribution in [0.4, 0.5) is 0 Å². The second kappa shape index (κ2) is 5.44. The Kier molecular flexibility index (Phi) is 3.47. The first-order chi connectivity index (χ1) is 10.5. The summed E-state index contributed by atoms with van der Waals surface area (Å²) in [5.74, 6) is -0.976. The lowest BCUT2D eigenvalue weighted by Crippen LogP contribution is -2.00. The van der Waals surface area contributed by atoms with Crippen LogP contribution in [-0.2, 0) is 0 Å². The van der Waals surface area contributed by atoms with Crippen LogP contribution >= 0.6 is 0 Å². The van der Waals surface area contributed by atoms with Crippen molar-refractivity contribution in [3.63, 3.8) is 0 Å². The number of carboxylic acids is 1. The minimum Gasteiger partial charge on any atom is -0.478 e. The molecule has 3 rings (SSSR count). The van der Waals surface area contributed by atoms with E-state index in [1.807, 2.05) is 48.9 Å². The molecule has 2 aromatic heterocycles. The van der Waals surface area contributed by atoms with Gasteiger partial charge in [-0.2, -0.15) is 5.10 Å². The summed E-state index contributed by atoms with van der Waals surface area (Å²) in [7, 11) is 0. The van der Waals surface area contributed by atoms with Gasteiger partial charge in [-0.3, -0.25) is 4.98 Å². The second-order valence-electron chi connectivity index (χ2n) is 5.13. The fraction of sp³-hybridized carbons (Fsp3) is 0.118. The number of hydrogen-bond donors (Lipinski definition) is 1. The summed E-state index contributed by atoms with van der Waals surface area (Å²) in [6.45, 7) is 3.96. The average Bonchev–Trinajstić information content (AvgIpc) is 2.86. The zero-order valence-corrected chi connectivity index (χ0v) is 12.3. The van der Waals surface area contributed by atoms with Gasteiger partial charge in [-0.25, -0.2) is 9.48 Å². The number of carboxylic acid groups (broad SMARTS) is 1. The highest BCUT2D eigenvalue weighted by molar-refractivity contribution is 5.87. The number of carbonyl (C=O) groups is 1. The zero-order valence-electron chi connectivity index (χ0n) is 12.3. The van der Waals surface area contributed by atoms with Gasteiger partial charge in [-0.05, 0) is 44.2 Å². The second-order valence-corrected chi connectivity index (χ2v) is 5.13. The fourth-order valence-electron chi connectivity index (χ4n) is 2.38. The highest BCUT2D eigenvalue weighted by Gasteiger charge is 2.07. The Hall–Kier alpha value is -2.95. The SMILES string of the molecule is Cc1cc(C)n(-c2cccc(-c3ccc(C(=O)O)cn3)c2)n1. The summed E-state index contributed by atoms with van der Waals surface area (Å²) in [6.07, 6.45) is 1.37. The highest BCUT2D eigenvalue weighted by Crippen LogP contribution is 2.21. The Bertz CT molecular complexity index is 835. The minimum atomic E-state index is -0.976. The Morgan fingerprint density at radius 2 is 1.95 bits per heavy atom. The van der Waals surface area contributed by atoms with Gasteiger partial charge in [-0.15, -0.1) is 0 Å². The van der Waals surface area contributed by atoms with Crippen LogP contribution in [-0.4, -0.2) is 25.8 Å². The molecule has 0 atom stereocenters. The molecule has 0 spiro atoms. The molecule has 1 N–H and O–H groups in total. The molecule has 0 unspecified atom stereocenters. The van der Waals surface area contributed by atoms with E-state index in [1.165, 1.54) is 6.20 Å². The van der Waals surface area contributed by atoms with Crippen molar-refractivity contribution in [3.8, 4) is 16.9 Å². The Balaban J connectivity index is 2.00. The minimum absolute atomic E-state index is 0.179. The van der Waals surface area contributed by atoms with E-state index < -0.39 is 5.97 Å². The Labute approximate surface area is 127 Å². The largest absolute Gasteiger partial charge is 0.478 e. The molecule has 1 aromatic carbocycles. The van der Waals surface area contributed by atoms with Crippen molar-refractivity contribution in [2.24, 2.45) is 0 Å². The van der Waals surface area contributed by atoms with Crippen LogP contribution in [0.3, 0.4) is 0 Å². The normalized spacial score (nSPS) is 10.6. The molecule has 3 aromatic rings. The zero-order chi connectivity index (χ0) is 15.7. The number of nitrogens with zero attached hydrogens (tertiary/aromatic N) is 3. The number of aromatic nitrogens is 3. The molecule has 0 amide bonds. The van der Waals surface area contributed by atoms with Crippen molar-refractivity contribution in [2.45, 2.75) is 13.8 Å². The van der Waals surface area contributed by atoms with Gasteiger partial charge in [0.15, 0.2) is 0 Å². The van der Waals surface area contributed by atoms with Gasteiger partial charge in [0.2, 0.25) is 0 Å². The van der Waals surface area contributed by atoms with E-state index in [2.05, 4.69) is 10.1 Å². The smallest absolute Gasteiger partial charge is 0.337 e. The van der Waals surface area contributed by atoms with Crippen LogP contribution in [0.15, 0.2) is 48.7 Å². The van der Waals surface area contributed by atoms with Crippen molar-refractivity contribution < 1.29 is 9.90 Å². The molecule has 0 radical (unpaired) electrons. The molecule has 5 nitrogen and oxygen atoms in total. The molecular weight excluding hydrogens is 278 g/mol. The first-order valence-corrected chi connectivity index (χ1v) is 6.88. The number of rotatable bonds is 3. The van der Waals surface area contributed by atoms with E-state index in [-0.39, 0.29) is 5.56 Å². The lowest BCUT2D eigenvalue weighted by Gasteiger charge is -2.07. The maximum atomic E-state index is 10.9. The first-order valence-electron chi connectivity index (χ1n) is 6.88. The summed E-state index contributed by atoms with van der Waals surface area (Å²) < 4.78 is 1.88. The topological polar surface area (TPSA) is 68.0 Å². The monoisotopic (exact) mass is 293 g/mol. The molecule has 110 valence electrons. The van der Waals surface area contributed by atoms with Crippen molar-refractivity contribution >= 4 is 5.97 Å². The molecule has 0 saturated heterocycles. The van der Waals surface area contributed by atoms with E-state index in [9.17, 15) is 4.79 Å². The van der Waals surface area contributed by atoms with Crippen molar-refractivity contribution in [1.82, 2.24) is 14.8 Å². The number of hydrogen-bond acceptors (Lipinski definition) is 3. The van der Waals surface area contributed by atoms with Gasteiger partial charge in [0.25, 0.3) is 0 Å². The van der Waals surface area contributed by atoms with Gasteiger partial charge < -0.3 is 5.11 Å². The molecular formula is C17H15N3O2. The van der Waals surface area contributed by atoms with Crippen LogP contribution in [0.2, 0.25) is 0 Å². The van der Waals surface area contributed by atoms with E-state index in [0.717, 1.165) is 28.3 Å². The third-order valence-electron chi connectivity index (χ3n) is 3.41. The van der Waals surface area contributed by atoms with Crippen LogP contribution < -0.4 is 0 Å². The number of aromatic carboxylic acids is 1. The van der Waals surface area contributed by atoms with E-state index in [4.69, 9.17) is 5.11 Å². The highest BCUT2D eigenvalue weighted by atomic mass is 16.4. The fourth-order valence-corrected chi connectivity index (χ4v) is 2.38. The van der Waals surface area contributed by atoms with E-state index in [0.29, 0.717) is 0 Å². The van der Waals surface area contributed by atoms with Crippen molar-refractivity contribution in [2.75, 3.05) is 0 Å². The summed E-state index contributed by atoms with van der Waals surface area (Å²) >= 11 is 0. The van der Waals surface area contributed by atoms with Gasteiger partial charge in [0, 0.05) is 17.5 Å². The standard InChI is InChI=1S/C17H15N3O2/c1-11-8-12(2)20(19-11)15-5-3-4-13(9-15)16-7-6-14(10-18-16)17(21)22/h3-10H,1-2H3,(H,21,22). The van der Waals surface area contributed by atoms with Crippen LogP contribution in [0.5, 0.6) is 0 Å². The summed E-state index contributed by atoms with van der Waals surface area (Å²) in [5, 5.41) is 13.4. The van der Waals surface area contributed by atoms with E-state index in [1.54, 1.807) is 12.1 Å². The molecule has 22 heavy (non-hydrogen) atoms. The Morgan fingerprint density at radius 3 is 2.55 bits per heavy atom. The van der Waals surface area contributed by atoms with Crippen LogP contribution in [0.25, 0.3) is 16.9 Å². The summed E-state index contributed by atoms with van der Waals surface area (Å²) in [6, 6.07) is 13.1. The van der Waals surface area contributed by atoms with Gasteiger partial charge in [-0.1, -0.05) is 12.1 Å². The maximum Gasteiger partial charge on any atom is 0.337 e. The molecule has 0 aliphatic carbocycles. The average molecular weight is 293 g/mol. The number of benzene rings is 1. The van der Waals surface area contributed by atoms with Crippen LogP contribution in [0, 0.1) is 13.8 Å². The molecule has 5 heteroatoms. The molecule has 2 heterocycles. The quantitative estimate of drug-likeness (QED) is 0.805. The van der Waals surface area contributed by atoms with Gasteiger partial charge in [0.1, 0.15) is 0 Å². The maximum absolute atomic E-state index is 10.9. The lowest BCUT2D eigenvalue weighted by atomic mass is 10.1. The van der Waals surface area contributed by atoms with Gasteiger partial charge >= 0.3 is 5.97 Å². The predicted octanol–water partition coefficient (Wildman–Crippen LogP) is 3.25. The summed E-state index contributed by atoms with van der Waals surface area (Å²) in [4.78, 5) is 15.1. The van der Waals surface area contributed by atoms with Crippen LogP contribution in [0.1, 0.15) is 21.7 Å². The molecule has 0 aliphatic heterocycles. The lowest BCUT2D eigenvalue weighted by molar-refractivity contribution is 0.0696.